The van der Waals surface area contributed by atoms with Crippen LogP contribution < -0.4 is 15.5 Å². The number of carbonyl (C=O) groups excluding carboxylic acids is 1. The SMILES string of the molecule is CCNC(=NCC(=O)N1CCN(c2ccccc2)CC1)NCC(C)(O)c1ccsc1. The molecule has 2 heterocycles. The Bertz CT molecular complexity index is 815. The number of guanidine groups is 1. The molecule has 0 bridgehead atoms. The van der Waals surface area contributed by atoms with E-state index in [1.165, 1.54) is 5.69 Å². The van der Waals surface area contributed by atoms with Crippen molar-refractivity contribution in [3.8, 4) is 0 Å². The first-order chi connectivity index (χ1) is 14.5. The second-order valence-electron chi connectivity index (χ2n) is 7.54. The molecule has 7 nitrogen and oxygen atoms in total. The maximum absolute atomic E-state index is 12.6. The van der Waals surface area contributed by atoms with Crippen molar-refractivity contribution >= 4 is 28.9 Å². The molecule has 1 aromatic carbocycles. The van der Waals surface area contributed by atoms with Crippen LogP contribution in [0.3, 0.4) is 0 Å². The van der Waals surface area contributed by atoms with Gasteiger partial charge in [-0.1, -0.05) is 18.2 Å². The van der Waals surface area contributed by atoms with Crippen LogP contribution in [0.15, 0.2) is 52.2 Å². The van der Waals surface area contributed by atoms with Crippen molar-refractivity contribution in [2.75, 3.05) is 50.7 Å². The highest BCUT2D eigenvalue weighted by molar-refractivity contribution is 7.08. The quantitative estimate of drug-likeness (QED) is 0.462. The highest BCUT2D eigenvalue weighted by atomic mass is 32.1. The maximum atomic E-state index is 12.6. The van der Waals surface area contributed by atoms with E-state index < -0.39 is 5.60 Å². The van der Waals surface area contributed by atoms with Gasteiger partial charge in [0.05, 0.1) is 6.54 Å². The molecule has 3 N–H and O–H groups in total. The molecule has 1 atom stereocenters. The van der Waals surface area contributed by atoms with Gasteiger partial charge in [0, 0.05) is 38.4 Å². The van der Waals surface area contributed by atoms with Gasteiger partial charge in [0.25, 0.3) is 0 Å². The van der Waals surface area contributed by atoms with Crippen molar-refractivity contribution in [3.05, 3.63) is 52.7 Å². The molecule has 1 aliphatic rings. The summed E-state index contributed by atoms with van der Waals surface area (Å²) in [6.07, 6.45) is 0. The van der Waals surface area contributed by atoms with Crippen LogP contribution in [0.5, 0.6) is 0 Å². The van der Waals surface area contributed by atoms with Gasteiger partial charge in [-0.2, -0.15) is 11.3 Å². The van der Waals surface area contributed by atoms with E-state index in [1.54, 1.807) is 18.3 Å². The van der Waals surface area contributed by atoms with Crippen molar-refractivity contribution in [1.29, 1.82) is 0 Å². The Labute approximate surface area is 182 Å². The molecule has 0 saturated carbocycles. The number of carbonyl (C=O) groups is 1. The largest absolute Gasteiger partial charge is 0.384 e. The molecule has 1 amide bonds. The van der Waals surface area contributed by atoms with Crippen LogP contribution in [0.1, 0.15) is 19.4 Å². The fourth-order valence-corrected chi connectivity index (χ4v) is 4.15. The van der Waals surface area contributed by atoms with Gasteiger partial charge in [-0.15, -0.1) is 0 Å². The monoisotopic (exact) mass is 429 g/mol. The molecule has 3 rings (SSSR count). The zero-order chi connectivity index (χ0) is 21.4. The average Bonchev–Trinajstić information content (AvgIpc) is 3.32. The number of amides is 1. The van der Waals surface area contributed by atoms with E-state index in [-0.39, 0.29) is 12.5 Å². The van der Waals surface area contributed by atoms with E-state index in [1.807, 2.05) is 46.8 Å². The molecule has 1 unspecified atom stereocenters. The summed E-state index contributed by atoms with van der Waals surface area (Å²) in [7, 11) is 0. The van der Waals surface area contributed by atoms with E-state index in [4.69, 9.17) is 0 Å². The predicted octanol–water partition coefficient (Wildman–Crippen LogP) is 1.86. The van der Waals surface area contributed by atoms with Crippen LogP contribution in [0, 0.1) is 0 Å². The number of nitrogens with zero attached hydrogens (tertiary/aromatic N) is 3. The number of benzene rings is 1. The third-order valence-electron chi connectivity index (χ3n) is 5.21. The summed E-state index contributed by atoms with van der Waals surface area (Å²) in [6, 6.07) is 12.2. The van der Waals surface area contributed by atoms with Crippen molar-refractivity contribution in [2.24, 2.45) is 4.99 Å². The fourth-order valence-electron chi connectivity index (χ4n) is 3.37. The lowest BCUT2D eigenvalue weighted by molar-refractivity contribution is -0.129. The second-order valence-corrected chi connectivity index (χ2v) is 8.32. The lowest BCUT2D eigenvalue weighted by atomic mass is 9.99. The summed E-state index contributed by atoms with van der Waals surface area (Å²) in [5, 5.41) is 20.8. The predicted molar refractivity (Wildman–Crippen MR) is 123 cm³/mol. The van der Waals surface area contributed by atoms with Gasteiger partial charge in [0.1, 0.15) is 12.1 Å². The smallest absolute Gasteiger partial charge is 0.244 e. The first-order valence-corrected chi connectivity index (χ1v) is 11.3. The third-order valence-corrected chi connectivity index (χ3v) is 5.90. The van der Waals surface area contributed by atoms with E-state index in [2.05, 4.69) is 32.7 Å². The van der Waals surface area contributed by atoms with Gasteiger partial charge < -0.3 is 25.5 Å². The summed E-state index contributed by atoms with van der Waals surface area (Å²) >= 11 is 1.55. The minimum Gasteiger partial charge on any atom is -0.384 e. The van der Waals surface area contributed by atoms with Gasteiger partial charge in [-0.3, -0.25) is 4.79 Å². The molecule has 1 saturated heterocycles. The second kappa shape index (κ2) is 10.4. The zero-order valence-electron chi connectivity index (χ0n) is 17.7. The molecule has 8 heteroatoms. The summed E-state index contributed by atoms with van der Waals surface area (Å²) in [6.45, 7) is 7.84. The van der Waals surface area contributed by atoms with E-state index >= 15 is 0 Å². The van der Waals surface area contributed by atoms with Crippen LogP contribution in [0.4, 0.5) is 5.69 Å². The molecule has 1 fully saturated rings. The molecule has 1 aromatic heterocycles. The Morgan fingerprint density at radius 1 is 1.17 bits per heavy atom. The lowest BCUT2D eigenvalue weighted by Gasteiger charge is -2.36. The highest BCUT2D eigenvalue weighted by Crippen LogP contribution is 2.22. The average molecular weight is 430 g/mol. The molecule has 0 radical (unpaired) electrons. The van der Waals surface area contributed by atoms with Gasteiger partial charge in [-0.25, -0.2) is 4.99 Å². The number of piperazine rings is 1. The topological polar surface area (TPSA) is 80.2 Å². The number of rotatable bonds is 7. The van der Waals surface area contributed by atoms with Crippen LogP contribution in [-0.2, 0) is 10.4 Å². The Kier molecular flexibility index (Phi) is 7.70. The van der Waals surface area contributed by atoms with Crippen LogP contribution in [0.2, 0.25) is 0 Å². The Balaban J connectivity index is 1.50. The Morgan fingerprint density at radius 3 is 2.53 bits per heavy atom. The molecule has 162 valence electrons. The lowest BCUT2D eigenvalue weighted by Crippen LogP contribution is -2.50. The normalized spacial score (nSPS) is 16.8. The van der Waals surface area contributed by atoms with E-state index in [0.29, 0.717) is 32.1 Å². The number of hydrogen-bond acceptors (Lipinski definition) is 5. The first-order valence-electron chi connectivity index (χ1n) is 10.3. The molecular weight excluding hydrogens is 398 g/mol. The molecular formula is C22H31N5O2S. The molecule has 0 aliphatic carbocycles. The number of aliphatic hydroxyl groups is 1. The van der Waals surface area contributed by atoms with Crippen LogP contribution in [0.25, 0.3) is 0 Å². The molecule has 30 heavy (non-hydrogen) atoms. The zero-order valence-corrected chi connectivity index (χ0v) is 18.5. The van der Waals surface area contributed by atoms with E-state index in [9.17, 15) is 9.90 Å². The summed E-state index contributed by atoms with van der Waals surface area (Å²) in [5.74, 6) is 0.550. The third kappa shape index (κ3) is 5.96. The molecule has 0 spiro atoms. The number of thiophene rings is 1. The fraction of sp³-hybridized carbons (Fsp3) is 0.455. The Morgan fingerprint density at radius 2 is 1.90 bits per heavy atom. The van der Waals surface area contributed by atoms with E-state index in [0.717, 1.165) is 18.7 Å². The summed E-state index contributed by atoms with van der Waals surface area (Å²) in [4.78, 5) is 21.2. The minimum absolute atomic E-state index is 0.0181. The number of anilines is 1. The number of aliphatic imine (C=N–C) groups is 1. The van der Waals surface area contributed by atoms with Gasteiger partial charge in [0.15, 0.2) is 5.96 Å². The van der Waals surface area contributed by atoms with Crippen LogP contribution in [-0.4, -0.2) is 67.7 Å². The summed E-state index contributed by atoms with van der Waals surface area (Å²) < 4.78 is 0. The number of hydrogen-bond donors (Lipinski definition) is 3. The van der Waals surface area contributed by atoms with Gasteiger partial charge in [-0.05, 0) is 48.4 Å². The molecule has 2 aromatic rings. The number of para-hydroxylation sites is 1. The van der Waals surface area contributed by atoms with Gasteiger partial charge >= 0.3 is 0 Å². The highest BCUT2D eigenvalue weighted by Gasteiger charge is 2.24. The minimum atomic E-state index is -1.01. The number of nitrogens with one attached hydrogen (secondary N) is 2. The van der Waals surface area contributed by atoms with Crippen molar-refractivity contribution in [3.63, 3.8) is 0 Å². The van der Waals surface area contributed by atoms with Crippen molar-refractivity contribution < 1.29 is 9.90 Å². The Hall–Kier alpha value is -2.58. The van der Waals surface area contributed by atoms with Crippen molar-refractivity contribution in [2.45, 2.75) is 19.4 Å². The standard InChI is InChI=1S/C22H31N5O2S/c1-3-23-21(25-17-22(2,29)18-9-14-30-16-18)24-15-20(28)27-12-10-26(11-13-27)19-7-5-4-6-8-19/h4-9,14,16,29H,3,10-13,15,17H2,1-2H3,(H2,23,24,25). The maximum Gasteiger partial charge on any atom is 0.244 e. The van der Waals surface area contributed by atoms with Gasteiger partial charge in [0.2, 0.25) is 5.91 Å². The van der Waals surface area contributed by atoms with Crippen LogP contribution >= 0.6 is 11.3 Å². The summed E-state index contributed by atoms with van der Waals surface area (Å²) in [5.41, 5.74) is 1.05. The van der Waals surface area contributed by atoms with Crippen molar-refractivity contribution in [1.82, 2.24) is 15.5 Å². The first kappa shape index (κ1) is 22.1. The molecule has 1 aliphatic heterocycles.